The van der Waals surface area contributed by atoms with Crippen LogP contribution in [0.1, 0.15) is 53.0 Å². The molecule has 0 saturated carbocycles. The minimum Gasteiger partial charge on any atom is -0.324 e. The SMILES string of the molecule is CC.CCCN(CCC)CCc1ccc(-n2c(SC(C)C(=O)Nc3ccccc3Cl)nc3ccccc32)cc1. The monoisotopic (exact) mass is 564 g/mol. The van der Waals surface area contributed by atoms with Crippen molar-refractivity contribution in [2.24, 2.45) is 0 Å². The fourth-order valence-corrected chi connectivity index (χ4v) is 5.53. The van der Waals surface area contributed by atoms with Crippen LogP contribution < -0.4 is 5.32 Å². The van der Waals surface area contributed by atoms with Crippen molar-refractivity contribution in [1.82, 2.24) is 14.5 Å². The molecule has 1 unspecified atom stereocenters. The molecular weight excluding hydrogens is 524 g/mol. The molecule has 0 saturated heterocycles. The van der Waals surface area contributed by atoms with Crippen LogP contribution in [0.5, 0.6) is 0 Å². The third-order valence-electron chi connectivity index (χ3n) is 6.30. The number of imidazole rings is 1. The first-order valence-corrected chi connectivity index (χ1v) is 15.3. The van der Waals surface area contributed by atoms with Crippen LogP contribution in [-0.4, -0.2) is 45.2 Å². The number of rotatable bonds is 12. The van der Waals surface area contributed by atoms with E-state index in [-0.39, 0.29) is 11.2 Å². The predicted octanol–water partition coefficient (Wildman–Crippen LogP) is 8.49. The summed E-state index contributed by atoms with van der Waals surface area (Å²) in [5.41, 5.74) is 4.91. The Morgan fingerprint density at radius 3 is 2.26 bits per heavy atom. The zero-order valence-electron chi connectivity index (χ0n) is 23.8. The molecule has 0 spiro atoms. The molecule has 0 aliphatic heterocycles. The van der Waals surface area contributed by atoms with Crippen molar-refractivity contribution in [2.75, 3.05) is 25.0 Å². The molecule has 7 heteroatoms. The Hall–Kier alpha value is -2.80. The number of amides is 1. The van der Waals surface area contributed by atoms with Gasteiger partial charge in [0.2, 0.25) is 5.91 Å². The zero-order valence-corrected chi connectivity index (χ0v) is 25.4. The molecule has 3 aromatic carbocycles. The quantitative estimate of drug-likeness (QED) is 0.175. The van der Waals surface area contributed by atoms with E-state index in [4.69, 9.17) is 16.6 Å². The molecule has 1 atom stereocenters. The maximum absolute atomic E-state index is 13.0. The van der Waals surface area contributed by atoms with E-state index in [1.54, 1.807) is 12.1 Å². The van der Waals surface area contributed by atoms with Gasteiger partial charge in [-0.3, -0.25) is 9.36 Å². The third kappa shape index (κ3) is 8.34. The minimum absolute atomic E-state index is 0.115. The summed E-state index contributed by atoms with van der Waals surface area (Å²) in [6, 6.07) is 24.1. The number of benzene rings is 3. The molecule has 1 heterocycles. The molecule has 4 aromatic rings. The molecule has 0 fully saturated rings. The molecule has 5 nitrogen and oxygen atoms in total. The Morgan fingerprint density at radius 1 is 0.949 bits per heavy atom. The van der Waals surface area contributed by atoms with E-state index in [0.717, 1.165) is 47.9 Å². The summed E-state index contributed by atoms with van der Waals surface area (Å²) in [5.74, 6) is -0.115. The molecule has 1 amide bonds. The second kappa shape index (κ2) is 15.7. The maximum Gasteiger partial charge on any atom is 0.237 e. The van der Waals surface area contributed by atoms with E-state index in [1.165, 1.54) is 30.2 Å². The molecule has 0 bridgehead atoms. The van der Waals surface area contributed by atoms with Crippen LogP contribution in [0.2, 0.25) is 5.02 Å². The van der Waals surface area contributed by atoms with Crippen molar-refractivity contribution in [1.29, 1.82) is 0 Å². The fourth-order valence-electron chi connectivity index (χ4n) is 4.41. The highest BCUT2D eigenvalue weighted by molar-refractivity contribution is 8.00. The second-order valence-electron chi connectivity index (χ2n) is 9.21. The lowest BCUT2D eigenvalue weighted by Crippen LogP contribution is -2.27. The maximum atomic E-state index is 13.0. The molecule has 4 rings (SSSR count). The first kappa shape index (κ1) is 30.7. The summed E-state index contributed by atoms with van der Waals surface area (Å²) in [7, 11) is 0. The standard InChI is InChI=1S/C30H35ClN4OS.C2H6/c1-4-19-34(20-5-2)21-18-23-14-16-24(17-15-23)35-28-13-9-8-12-27(28)33-30(35)37-22(3)29(36)32-26-11-7-6-10-25(26)31;1-2/h6-17,22H,4-5,18-21H2,1-3H3,(H,32,36);1-2H3. The Morgan fingerprint density at radius 2 is 1.59 bits per heavy atom. The zero-order chi connectivity index (χ0) is 28.2. The predicted molar refractivity (Wildman–Crippen MR) is 169 cm³/mol. The molecule has 0 aliphatic rings. The molecule has 208 valence electrons. The van der Waals surface area contributed by atoms with E-state index in [1.807, 2.05) is 51.1 Å². The van der Waals surface area contributed by atoms with Gasteiger partial charge in [0.25, 0.3) is 0 Å². The Labute approximate surface area is 243 Å². The number of para-hydroxylation sites is 3. The summed E-state index contributed by atoms with van der Waals surface area (Å²) in [5, 5.41) is 3.88. The van der Waals surface area contributed by atoms with Crippen LogP contribution in [-0.2, 0) is 11.2 Å². The van der Waals surface area contributed by atoms with Gasteiger partial charge in [0.1, 0.15) is 0 Å². The summed E-state index contributed by atoms with van der Waals surface area (Å²) >= 11 is 7.68. The van der Waals surface area contributed by atoms with Crippen LogP contribution in [0.3, 0.4) is 0 Å². The van der Waals surface area contributed by atoms with Gasteiger partial charge in [0.15, 0.2) is 5.16 Å². The average Bonchev–Trinajstić information content (AvgIpc) is 3.32. The van der Waals surface area contributed by atoms with Crippen LogP contribution in [0.4, 0.5) is 5.69 Å². The second-order valence-corrected chi connectivity index (χ2v) is 10.9. The molecule has 39 heavy (non-hydrogen) atoms. The number of hydrogen-bond donors (Lipinski definition) is 1. The number of carbonyl (C=O) groups is 1. The van der Waals surface area contributed by atoms with Gasteiger partial charge in [0, 0.05) is 12.2 Å². The minimum atomic E-state index is -0.366. The molecule has 1 aromatic heterocycles. The third-order valence-corrected chi connectivity index (χ3v) is 7.69. The smallest absolute Gasteiger partial charge is 0.237 e. The van der Waals surface area contributed by atoms with Gasteiger partial charge in [0.05, 0.1) is 27.0 Å². The lowest BCUT2D eigenvalue weighted by atomic mass is 10.1. The number of nitrogens with one attached hydrogen (secondary N) is 1. The number of anilines is 1. The molecule has 1 N–H and O–H groups in total. The van der Waals surface area contributed by atoms with Crippen molar-refractivity contribution in [3.05, 3.63) is 83.4 Å². The lowest BCUT2D eigenvalue weighted by Gasteiger charge is -2.21. The van der Waals surface area contributed by atoms with Gasteiger partial charge in [-0.15, -0.1) is 0 Å². The van der Waals surface area contributed by atoms with Crippen LogP contribution in [0.25, 0.3) is 16.7 Å². The highest BCUT2D eigenvalue weighted by Crippen LogP contribution is 2.31. The van der Waals surface area contributed by atoms with E-state index in [9.17, 15) is 4.79 Å². The van der Waals surface area contributed by atoms with Crippen molar-refractivity contribution >= 4 is 46.0 Å². The summed E-state index contributed by atoms with van der Waals surface area (Å²) < 4.78 is 2.14. The van der Waals surface area contributed by atoms with Crippen molar-refractivity contribution in [3.8, 4) is 5.69 Å². The average molecular weight is 565 g/mol. The summed E-state index contributed by atoms with van der Waals surface area (Å²) in [4.78, 5) is 20.4. The van der Waals surface area contributed by atoms with Gasteiger partial charge < -0.3 is 10.2 Å². The van der Waals surface area contributed by atoms with Crippen LogP contribution in [0.15, 0.2) is 78.0 Å². The van der Waals surface area contributed by atoms with Crippen LogP contribution in [0, 0.1) is 0 Å². The molecule has 0 radical (unpaired) electrons. The van der Waals surface area contributed by atoms with Gasteiger partial charge in [-0.05, 0) is 81.2 Å². The molecular formula is C32H41ClN4OS. The highest BCUT2D eigenvalue weighted by Gasteiger charge is 2.21. The summed E-state index contributed by atoms with van der Waals surface area (Å²) in [6.45, 7) is 13.7. The van der Waals surface area contributed by atoms with Gasteiger partial charge in [-0.1, -0.05) is 87.5 Å². The van der Waals surface area contributed by atoms with E-state index in [0.29, 0.717) is 10.7 Å². The van der Waals surface area contributed by atoms with Crippen molar-refractivity contribution in [3.63, 3.8) is 0 Å². The van der Waals surface area contributed by atoms with Gasteiger partial charge in [-0.25, -0.2) is 4.98 Å². The first-order chi connectivity index (χ1) is 19.0. The topological polar surface area (TPSA) is 50.2 Å². The van der Waals surface area contributed by atoms with Gasteiger partial charge in [-0.2, -0.15) is 0 Å². The fraction of sp³-hybridized carbons (Fsp3) is 0.375. The van der Waals surface area contributed by atoms with Crippen LogP contribution >= 0.6 is 23.4 Å². The first-order valence-electron chi connectivity index (χ1n) is 14.0. The van der Waals surface area contributed by atoms with Gasteiger partial charge >= 0.3 is 0 Å². The lowest BCUT2D eigenvalue weighted by molar-refractivity contribution is -0.115. The number of thioether (sulfide) groups is 1. The Kier molecular flexibility index (Phi) is 12.4. The number of nitrogens with zero attached hydrogens (tertiary/aromatic N) is 3. The van der Waals surface area contributed by atoms with E-state index in [2.05, 4.69) is 59.0 Å². The number of fused-ring (bicyclic) bond motifs is 1. The number of halogens is 1. The normalized spacial score (nSPS) is 11.8. The van der Waals surface area contributed by atoms with Crippen molar-refractivity contribution < 1.29 is 4.79 Å². The number of aromatic nitrogens is 2. The number of carbonyl (C=O) groups excluding carboxylic acids is 1. The number of hydrogen-bond acceptors (Lipinski definition) is 4. The van der Waals surface area contributed by atoms with E-state index < -0.39 is 0 Å². The summed E-state index contributed by atoms with van der Waals surface area (Å²) in [6.07, 6.45) is 3.40. The Balaban J connectivity index is 0.00000205. The Bertz CT molecular complexity index is 1320. The largest absolute Gasteiger partial charge is 0.324 e. The highest BCUT2D eigenvalue weighted by atomic mass is 35.5. The molecule has 0 aliphatic carbocycles. The van der Waals surface area contributed by atoms with E-state index >= 15 is 0 Å². The van der Waals surface area contributed by atoms with Crippen molar-refractivity contribution in [2.45, 2.75) is 64.3 Å².